The quantitative estimate of drug-likeness (QED) is 0.464. The Morgan fingerprint density at radius 3 is 2.76 bits per heavy atom. The second-order valence-electron chi connectivity index (χ2n) is 4.19. The number of nitrogens with zero attached hydrogens (tertiary/aromatic N) is 2. The van der Waals surface area contributed by atoms with E-state index in [1.54, 1.807) is 0 Å². The fourth-order valence-electron chi connectivity index (χ4n) is 2.44. The predicted octanol–water partition coefficient (Wildman–Crippen LogP) is 3.80. The Kier molecular flexibility index (Phi) is 1.72. The Morgan fingerprint density at radius 1 is 1.00 bits per heavy atom. The molecule has 2 aromatic carbocycles. The Morgan fingerprint density at radius 2 is 1.82 bits per heavy atom. The van der Waals surface area contributed by atoms with Crippen LogP contribution in [0.1, 0.15) is 5.82 Å². The van der Waals surface area contributed by atoms with Gasteiger partial charge in [-0.05, 0) is 31.2 Å². The highest BCUT2D eigenvalue weighted by atomic mass is 32.2. The minimum Gasteiger partial charge on any atom is -0.294 e. The standard InChI is InChI=1S/C14H10N2S/c1-9-15-10-5-4-8-13-14(10)16(9)11-6-2-3-7-12(11)17-13/h2-8H,1H3. The van der Waals surface area contributed by atoms with Crippen molar-refractivity contribution in [1.82, 2.24) is 9.55 Å². The van der Waals surface area contributed by atoms with Crippen LogP contribution in [-0.4, -0.2) is 9.55 Å². The molecule has 82 valence electrons. The average molecular weight is 238 g/mol. The molecule has 3 heteroatoms. The fraction of sp³-hybridized carbons (Fsp3) is 0.0714. The van der Waals surface area contributed by atoms with Crippen molar-refractivity contribution in [2.75, 3.05) is 0 Å². The largest absolute Gasteiger partial charge is 0.294 e. The summed E-state index contributed by atoms with van der Waals surface area (Å²) in [5.74, 6) is 1.06. The molecular weight excluding hydrogens is 228 g/mol. The van der Waals surface area contributed by atoms with Crippen molar-refractivity contribution in [3.63, 3.8) is 0 Å². The first-order valence-electron chi connectivity index (χ1n) is 5.60. The lowest BCUT2D eigenvalue weighted by molar-refractivity contribution is 0.963. The summed E-state index contributed by atoms with van der Waals surface area (Å²) in [6, 6.07) is 14.8. The molecule has 0 atom stereocenters. The summed E-state index contributed by atoms with van der Waals surface area (Å²) in [7, 11) is 0. The van der Waals surface area contributed by atoms with E-state index in [1.165, 1.54) is 21.0 Å². The van der Waals surface area contributed by atoms with Gasteiger partial charge in [-0.1, -0.05) is 30.0 Å². The van der Waals surface area contributed by atoms with Crippen LogP contribution in [0.3, 0.4) is 0 Å². The third kappa shape index (κ3) is 1.15. The molecule has 1 aliphatic rings. The molecule has 2 heterocycles. The molecule has 0 unspecified atom stereocenters. The second kappa shape index (κ2) is 3.14. The van der Waals surface area contributed by atoms with E-state index < -0.39 is 0 Å². The van der Waals surface area contributed by atoms with E-state index in [-0.39, 0.29) is 0 Å². The highest BCUT2D eigenvalue weighted by Crippen LogP contribution is 2.42. The van der Waals surface area contributed by atoms with Gasteiger partial charge >= 0.3 is 0 Å². The fourth-order valence-corrected chi connectivity index (χ4v) is 3.52. The van der Waals surface area contributed by atoms with Gasteiger partial charge in [0.05, 0.1) is 16.7 Å². The number of imidazole rings is 1. The minimum absolute atomic E-state index is 1.06. The van der Waals surface area contributed by atoms with Crippen LogP contribution in [0.25, 0.3) is 16.7 Å². The van der Waals surface area contributed by atoms with Gasteiger partial charge in [0.25, 0.3) is 0 Å². The number of aromatic nitrogens is 2. The number of aryl methyl sites for hydroxylation is 1. The lowest BCUT2D eigenvalue weighted by atomic mass is 10.2. The van der Waals surface area contributed by atoms with Crippen LogP contribution < -0.4 is 0 Å². The van der Waals surface area contributed by atoms with Crippen molar-refractivity contribution in [3.05, 3.63) is 48.3 Å². The van der Waals surface area contributed by atoms with Gasteiger partial charge in [0.2, 0.25) is 0 Å². The summed E-state index contributed by atoms with van der Waals surface area (Å²) in [4.78, 5) is 7.23. The van der Waals surface area contributed by atoms with Gasteiger partial charge in [0, 0.05) is 9.79 Å². The molecule has 1 aliphatic heterocycles. The third-order valence-electron chi connectivity index (χ3n) is 3.13. The maximum absolute atomic E-state index is 4.63. The molecule has 17 heavy (non-hydrogen) atoms. The molecule has 0 spiro atoms. The Labute approximate surface area is 103 Å². The van der Waals surface area contributed by atoms with Gasteiger partial charge in [0.1, 0.15) is 5.82 Å². The van der Waals surface area contributed by atoms with Crippen molar-refractivity contribution in [2.24, 2.45) is 0 Å². The van der Waals surface area contributed by atoms with E-state index in [2.05, 4.69) is 58.9 Å². The maximum Gasteiger partial charge on any atom is 0.111 e. The number of benzene rings is 2. The molecule has 0 aliphatic carbocycles. The minimum atomic E-state index is 1.06. The smallest absolute Gasteiger partial charge is 0.111 e. The first-order chi connectivity index (χ1) is 8.34. The van der Waals surface area contributed by atoms with E-state index in [0.29, 0.717) is 0 Å². The van der Waals surface area contributed by atoms with Crippen molar-refractivity contribution in [1.29, 1.82) is 0 Å². The topological polar surface area (TPSA) is 17.8 Å². The Hall–Kier alpha value is -1.74. The first kappa shape index (κ1) is 9.31. The van der Waals surface area contributed by atoms with Gasteiger partial charge in [-0.2, -0.15) is 0 Å². The molecule has 0 amide bonds. The SMILES string of the molecule is Cc1nc2cccc3c2n1-c1ccccc1S3. The summed E-state index contributed by atoms with van der Waals surface area (Å²) in [6.45, 7) is 2.07. The van der Waals surface area contributed by atoms with Gasteiger partial charge in [-0.3, -0.25) is 4.57 Å². The number of rotatable bonds is 0. The molecule has 0 fully saturated rings. The number of fused-ring (bicyclic) bond motifs is 2. The van der Waals surface area contributed by atoms with E-state index >= 15 is 0 Å². The molecule has 2 nitrogen and oxygen atoms in total. The predicted molar refractivity (Wildman–Crippen MR) is 69.9 cm³/mol. The lowest BCUT2D eigenvalue weighted by Gasteiger charge is -2.18. The molecule has 3 aromatic rings. The van der Waals surface area contributed by atoms with Crippen LogP contribution in [0.2, 0.25) is 0 Å². The molecular formula is C14H10N2S. The lowest BCUT2D eigenvalue weighted by Crippen LogP contribution is -2.02. The molecule has 0 radical (unpaired) electrons. The van der Waals surface area contributed by atoms with E-state index in [4.69, 9.17) is 0 Å². The van der Waals surface area contributed by atoms with Crippen molar-refractivity contribution >= 4 is 22.8 Å². The van der Waals surface area contributed by atoms with Crippen LogP contribution in [-0.2, 0) is 0 Å². The summed E-state index contributed by atoms with van der Waals surface area (Å²) in [5.41, 5.74) is 3.58. The van der Waals surface area contributed by atoms with E-state index in [0.717, 1.165) is 11.3 Å². The number of hydrogen-bond acceptors (Lipinski definition) is 2. The van der Waals surface area contributed by atoms with E-state index in [1.807, 2.05) is 11.8 Å². The van der Waals surface area contributed by atoms with Crippen molar-refractivity contribution in [2.45, 2.75) is 16.7 Å². The zero-order valence-corrected chi connectivity index (χ0v) is 10.2. The normalized spacial score (nSPS) is 12.8. The molecule has 0 bridgehead atoms. The van der Waals surface area contributed by atoms with E-state index in [9.17, 15) is 0 Å². The van der Waals surface area contributed by atoms with Gasteiger partial charge < -0.3 is 0 Å². The van der Waals surface area contributed by atoms with Gasteiger partial charge in [-0.25, -0.2) is 4.98 Å². The van der Waals surface area contributed by atoms with Crippen molar-refractivity contribution < 1.29 is 0 Å². The number of hydrogen-bond donors (Lipinski definition) is 0. The highest BCUT2D eigenvalue weighted by molar-refractivity contribution is 7.99. The van der Waals surface area contributed by atoms with Crippen LogP contribution in [0.4, 0.5) is 0 Å². The third-order valence-corrected chi connectivity index (χ3v) is 4.25. The summed E-state index contributed by atoms with van der Waals surface area (Å²) in [5, 5.41) is 0. The Balaban J connectivity index is 2.24. The Bertz CT molecular complexity index is 743. The molecule has 1 aromatic heterocycles. The first-order valence-corrected chi connectivity index (χ1v) is 6.41. The van der Waals surface area contributed by atoms with Crippen LogP contribution in [0, 0.1) is 6.92 Å². The highest BCUT2D eigenvalue weighted by Gasteiger charge is 2.20. The summed E-state index contributed by atoms with van der Waals surface area (Å²) in [6.07, 6.45) is 0. The summed E-state index contributed by atoms with van der Waals surface area (Å²) >= 11 is 1.83. The molecule has 0 saturated carbocycles. The molecule has 0 saturated heterocycles. The zero-order valence-electron chi connectivity index (χ0n) is 9.34. The zero-order chi connectivity index (χ0) is 11.4. The molecule has 0 N–H and O–H groups in total. The summed E-state index contributed by atoms with van der Waals surface area (Å²) < 4.78 is 2.26. The van der Waals surface area contributed by atoms with Crippen LogP contribution in [0.5, 0.6) is 0 Å². The number of para-hydroxylation sites is 2. The van der Waals surface area contributed by atoms with Crippen LogP contribution >= 0.6 is 11.8 Å². The van der Waals surface area contributed by atoms with Crippen molar-refractivity contribution in [3.8, 4) is 5.69 Å². The average Bonchev–Trinajstić information content (AvgIpc) is 2.69. The van der Waals surface area contributed by atoms with Gasteiger partial charge in [0.15, 0.2) is 0 Å². The maximum atomic E-state index is 4.63. The molecule has 4 rings (SSSR count). The monoisotopic (exact) mass is 238 g/mol. The second-order valence-corrected chi connectivity index (χ2v) is 5.27. The van der Waals surface area contributed by atoms with Gasteiger partial charge in [-0.15, -0.1) is 0 Å². The van der Waals surface area contributed by atoms with Crippen LogP contribution in [0.15, 0.2) is 52.3 Å².